The van der Waals surface area contributed by atoms with Crippen molar-refractivity contribution in [1.29, 1.82) is 0 Å². The number of amides is 1. The zero-order chi connectivity index (χ0) is 30.0. The molecule has 0 bridgehead atoms. The average molecular weight is 612 g/mol. The zero-order valence-corrected chi connectivity index (χ0v) is 23.7. The van der Waals surface area contributed by atoms with E-state index in [-0.39, 0.29) is 23.4 Å². The van der Waals surface area contributed by atoms with Crippen molar-refractivity contribution in [2.45, 2.75) is 37.1 Å². The minimum atomic E-state index is -4.89. The molecule has 9 nitrogen and oxygen atoms in total. The first-order valence-electron chi connectivity index (χ1n) is 12.5. The molecule has 2 atom stereocenters. The number of benzene rings is 3. The van der Waals surface area contributed by atoms with Gasteiger partial charge in [0.15, 0.2) is 0 Å². The lowest BCUT2D eigenvalue weighted by Gasteiger charge is -2.47. The van der Waals surface area contributed by atoms with Crippen LogP contribution >= 0.6 is 0 Å². The second kappa shape index (κ2) is 11.7. The third kappa shape index (κ3) is 7.77. The van der Waals surface area contributed by atoms with Gasteiger partial charge in [0.2, 0.25) is 26.0 Å². The normalized spacial score (nSPS) is 17.7. The molecule has 0 spiro atoms. The first-order chi connectivity index (χ1) is 19.1. The first-order valence-corrected chi connectivity index (χ1v) is 15.8. The molecular weight excluding hydrogens is 583 g/mol. The van der Waals surface area contributed by atoms with Gasteiger partial charge in [-0.25, -0.2) is 21.6 Å². The Kier molecular flexibility index (Phi) is 8.66. The van der Waals surface area contributed by atoms with Crippen molar-refractivity contribution in [3.8, 4) is 5.75 Å². The van der Waals surface area contributed by atoms with Gasteiger partial charge < -0.3 is 9.64 Å². The lowest BCUT2D eigenvalue weighted by molar-refractivity contribution is -0.274. The van der Waals surface area contributed by atoms with Crippen molar-refractivity contribution in [3.05, 3.63) is 83.9 Å². The van der Waals surface area contributed by atoms with E-state index >= 15 is 0 Å². The number of hydrogen-bond donors (Lipinski definition) is 2. The summed E-state index contributed by atoms with van der Waals surface area (Å²) in [5.74, 6) is -1.11. The number of nitrogens with one attached hydrogen (secondary N) is 2. The summed E-state index contributed by atoms with van der Waals surface area (Å²) in [4.78, 5) is 14.7. The summed E-state index contributed by atoms with van der Waals surface area (Å²) >= 11 is 0. The van der Waals surface area contributed by atoms with E-state index in [0.717, 1.165) is 41.6 Å². The molecule has 4 rings (SSSR count). The van der Waals surface area contributed by atoms with Gasteiger partial charge >= 0.3 is 6.36 Å². The highest BCUT2D eigenvalue weighted by Crippen LogP contribution is 2.45. The molecule has 1 heterocycles. The van der Waals surface area contributed by atoms with Crippen LogP contribution in [0.2, 0.25) is 0 Å². The van der Waals surface area contributed by atoms with Gasteiger partial charge in [0, 0.05) is 17.9 Å². The standard InChI is InChI=1S/C27H28F3N3O6S2/c1-18-5-11-21(12-6-18)33-25(19-7-9-20(10-8-19)32-40(2,35)36)24(26(33)34)4-3-17-31-41(37,38)23-15-13-22(14-16-23)39-27(28,29)30/h5-16,24-25,31-32H,3-4,17H2,1-2H3/t24-,25-/m1/s1. The SMILES string of the molecule is Cc1ccc(N2C(=O)[C@H](CCCNS(=O)(=O)c3ccc(OC(F)(F)F)cc3)[C@H]2c2ccc(NS(C)(=O)=O)cc2)cc1. The van der Waals surface area contributed by atoms with Crippen molar-refractivity contribution in [1.82, 2.24) is 4.72 Å². The number of anilines is 2. The number of nitrogens with zero attached hydrogens (tertiary/aromatic N) is 1. The quantitative estimate of drug-likeness (QED) is 0.239. The lowest BCUT2D eigenvalue weighted by Crippen LogP contribution is -2.55. The number of carbonyl (C=O) groups excluding carboxylic acids is 1. The maximum Gasteiger partial charge on any atom is 0.573 e. The van der Waals surface area contributed by atoms with E-state index in [9.17, 15) is 34.8 Å². The van der Waals surface area contributed by atoms with Crippen LogP contribution in [0.25, 0.3) is 0 Å². The highest BCUT2D eigenvalue weighted by Gasteiger charge is 2.48. The number of rotatable bonds is 11. The van der Waals surface area contributed by atoms with Crippen molar-refractivity contribution >= 4 is 37.3 Å². The second-order valence-electron chi connectivity index (χ2n) is 9.65. The highest BCUT2D eigenvalue weighted by atomic mass is 32.2. The topological polar surface area (TPSA) is 122 Å². The van der Waals surface area contributed by atoms with E-state index in [2.05, 4.69) is 14.2 Å². The van der Waals surface area contributed by atoms with Crippen LogP contribution in [0, 0.1) is 12.8 Å². The van der Waals surface area contributed by atoms with Gasteiger partial charge in [-0.15, -0.1) is 13.2 Å². The molecule has 1 amide bonds. The van der Waals surface area contributed by atoms with Crippen LogP contribution in [0.1, 0.15) is 30.0 Å². The molecule has 2 N–H and O–H groups in total. The molecular formula is C27H28F3N3O6S2. The second-order valence-corrected chi connectivity index (χ2v) is 13.2. The molecule has 41 heavy (non-hydrogen) atoms. The summed E-state index contributed by atoms with van der Waals surface area (Å²) in [7, 11) is -7.46. The van der Waals surface area contributed by atoms with E-state index in [1.807, 2.05) is 31.2 Å². The van der Waals surface area contributed by atoms with E-state index in [0.29, 0.717) is 24.2 Å². The maximum absolute atomic E-state index is 13.2. The molecule has 14 heteroatoms. The van der Waals surface area contributed by atoms with Crippen LogP contribution in [-0.2, 0) is 24.8 Å². The number of β-lactam (4-membered cyclic amide) rings is 1. The smallest absolute Gasteiger partial charge is 0.406 e. The minimum absolute atomic E-state index is 0.00137. The summed E-state index contributed by atoms with van der Waals surface area (Å²) in [5.41, 5.74) is 2.91. The molecule has 3 aromatic carbocycles. The summed E-state index contributed by atoms with van der Waals surface area (Å²) in [6, 6.07) is 17.7. The number of halogens is 3. The summed E-state index contributed by atoms with van der Waals surface area (Å²) < 4.78 is 94.0. The Bertz CT molecular complexity index is 1590. The van der Waals surface area contributed by atoms with Gasteiger partial charge in [-0.1, -0.05) is 29.8 Å². The Labute approximate surface area is 236 Å². The van der Waals surface area contributed by atoms with Crippen molar-refractivity contribution in [2.24, 2.45) is 5.92 Å². The molecule has 0 aliphatic carbocycles. The maximum atomic E-state index is 13.2. The van der Waals surface area contributed by atoms with Crippen LogP contribution in [-0.4, -0.2) is 41.9 Å². The monoisotopic (exact) mass is 611 g/mol. The Morgan fingerprint density at radius 3 is 2.07 bits per heavy atom. The van der Waals surface area contributed by atoms with Gasteiger partial charge in [-0.3, -0.25) is 9.52 Å². The predicted molar refractivity (Wildman–Crippen MR) is 147 cm³/mol. The number of ether oxygens (including phenoxy) is 1. The number of hydrogen-bond acceptors (Lipinski definition) is 6. The molecule has 1 saturated heterocycles. The third-order valence-electron chi connectivity index (χ3n) is 6.43. The Morgan fingerprint density at radius 2 is 1.51 bits per heavy atom. The Balaban J connectivity index is 1.43. The fourth-order valence-corrected chi connectivity index (χ4v) is 6.24. The van der Waals surface area contributed by atoms with Crippen LogP contribution in [0.5, 0.6) is 5.75 Å². The highest BCUT2D eigenvalue weighted by molar-refractivity contribution is 7.92. The number of carbonyl (C=O) groups is 1. The fourth-order valence-electron chi connectivity index (χ4n) is 4.60. The van der Waals surface area contributed by atoms with E-state index in [1.165, 1.54) is 0 Å². The van der Waals surface area contributed by atoms with E-state index in [4.69, 9.17) is 0 Å². The predicted octanol–water partition coefficient (Wildman–Crippen LogP) is 4.73. The lowest BCUT2D eigenvalue weighted by atomic mass is 9.79. The van der Waals surface area contributed by atoms with Crippen molar-refractivity contribution in [2.75, 3.05) is 22.4 Å². The van der Waals surface area contributed by atoms with Gasteiger partial charge in [0.25, 0.3) is 0 Å². The molecule has 1 aliphatic rings. The minimum Gasteiger partial charge on any atom is -0.406 e. The Hall–Kier alpha value is -3.62. The molecule has 1 aliphatic heterocycles. The van der Waals surface area contributed by atoms with Gasteiger partial charge in [0.1, 0.15) is 5.75 Å². The van der Waals surface area contributed by atoms with Gasteiger partial charge in [0.05, 0.1) is 23.1 Å². The van der Waals surface area contributed by atoms with Gasteiger partial charge in [-0.05, 0) is 73.9 Å². The number of aryl methyl sites for hydroxylation is 1. The van der Waals surface area contributed by atoms with E-state index < -0.39 is 38.1 Å². The van der Waals surface area contributed by atoms with Crippen molar-refractivity contribution < 1.29 is 39.5 Å². The molecule has 0 radical (unpaired) electrons. The molecule has 0 unspecified atom stereocenters. The largest absolute Gasteiger partial charge is 0.573 e. The first kappa shape index (κ1) is 30.3. The molecule has 3 aromatic rings. The molecule has 0 aromatic heterocycles. The number of sulfonamides is 2. The van der Waals surface area contributed by atoms with Crippen LogP contribution < -0.4 is 19.1 Å². The molecule has 0 saturated carbocycles. The van der Waals surface area contributed by atoms with Crippen molar-refractivity contribution in [3.63, 3.8) is 0 Å². The Morgan fingerprint density at radius 1 is 0.902 bits per heavy atom. The van der Waals surface area contributed by atoms with Crippen LogP contribution in [0.3, 0.4) is 0 Å². The van der Waals surface area contributed by atoms with Crippen LogP contribution in [0.4, 0.5) is 24.5 Å². The third-order valence-corrected chi connectivity index (χ3v) is 8.52. The molecule has 1 fully saturated rings. The summed E-state index contributed by atoms with van der Waals surface area (Å²) in [5, 5.41) is 0. The fraction of sp³-hybridized carbons (Fsp3) is 0.296. The average Bonchev–Trinajstić information content (AvgIpc) is 2.87. The van der Waals surface area contributed by atoms with Crippen LogP contribution in [0.15, 0.2) is 77.7 Å². The zero-order valence-electron chi connectivity index (χ0n) is 22.1. The number of alkyl halides is 3. The molecule has 220 valence electrons. The summed E-state index contributed by atoms with van der Waals surface area (Å²) in [6.45, 7) is 1.93. The van der Waals surface area contributed by atoms with Gasteiger partial charge in [-0.2, -0.15) is 0 Å². The van der Waals surface area contributed by atoms with E-state index in [1.54, 1.807) is 29.2 Å². The summed E-state index contributed by atoms with van der Waals surface area (Å²) in [6.07, 6.45) is -3.17.